The van der Waals surface area contributed by atoms with Gasteiger partial charge in [0.2, 0.25) is 0 Å². The van der Waals surface area contributed by atoms with E-state index in [4.69, 9.17) is 0 Å². The lowest BCUT2D eigenvalue weighted by Gasteiger charge is -2.19. The minimum atomic E-state index is -2.84. The quantitative estimate of drug-likeness (QED) is 0.331. The van der Waals surface area contributed by atoms with E-state index in [0.717, 1.165) is 26.1 Å². The summed E-state index contributed by atoms with van der Waals surface area (Å²) < 4.78 is 29.6. The Morgan fingerprint density at radius 3 is 2.59 bits per heavy atom. The molecule has 2 aromatic rings. The molecule has 0 amide bonds. The van der Waals surface area contributed by atoms with Crippen molar-refractivity contribution in [2.75, 3.05) is 31.6 Å². The third-order valence-corrected chi connectivity index (χ3v) is 4.82. The zero-order valence-corrected chi connectivity index (χ0v) is 18.7. The van der Waals surface area contributed by atoms with E-state index in [1.54, 1.807) is 25.2 Å². The van der Waals surface area contributed by atoms with E-state index in [1.807, 2.05) is 6.07 Å². The fraction of sp³-hybridized carbons (Fsp3) is 0.381. The van der Waals surface area contributed by atoms with Crippen molar-refractivity contribution in [2.45, 2.75) is 19.6 Å². The lowest BCUT2D eigenvalue weighted by Crippen LogP contribution is -2.40. The second-order valence-electron chi connectivity index (χ2n) is 6.73. The molecular formula is C21H27F2IN4O. The number of halogens is 3. The van der Waals surface area contributed by atoms with Crippen LogP contribution in [0.2, 0.25) is 0 Å². The molecule has 29 heavy (non-hydrogen) atoms. The molecule has 5 nitrogen and oxygen atoms in total. The molecule has 1 fully saturated rings. The number of guanidine groups is 1. The summed E-state index contributed by atoms with van der Waals surface area (Å²) in [5, 5.41) is 6.50. The zero-order valence-electron chi connectivity index (χ0n) is 16.4. The smallest absolute Gasteiger partial charge is 0.387 e. The van der Waals surface area contributed by atoms with Gasteiger partial charge < -0.3 is 20.3 Å². The average molecular weight is 516 g/mol. The van der Waals surface area contributed by atoms with Gasteiger partial charge in [-0.1, -0.05) is 36.4 Å². The fourth-order valence-electron chi connectivity index (χ4n) is 3.37. The van der Waals surface area contributed by atoms with Gasteiger partial charge in [0.05, 0.1) is 0 Å². The van der Waals surface area contributed by atoms with Gasteiger partial charge in [-0.05, 0) is 30.5 Å². The summed E-state index contributed by atoms with van der Waals surface area (Å²) in [7, 11) is 1.70. The summed E-state index contributed by atoms with van der Waals surface area (Å²) in [4.78, 5) is 6.61. The highest BCUT2D eigenvalue weighted by atomic mass is 127. The molecule has 158 valence electrons. The molecule has 1 aliphatic heterocycles. The van der Waals surface area contributed by atoms with Crippen LogP contribution in [0.15, 0.2) is 59.6 Å². The molecule has 8 heteroatoms. The van der Waals surface area contributed by atoms with Crippen LogP contribution in [0, 0.1) is 5.92 Å². The Hall–Kier alpha value is -2.10. The molecule has 1 unspecified atom stereocenters. The summed E-state index contributed by atoms with van der Waals surface area (Å²) in [6.45, 7) is 0.356. The van der Waals surface area contributed by atoms with Crippen LogP contribution in [0.5, 0.6) is 5.75 Å². The number of alkyl halides is 2. The second-order valence-corrected chi connectivity index (χ2v) is 6.73. The van der Waals surface area contributed by atoms with E-state index < -0.39 is 6.61 Å². The number of rotatable bonds is 7. The number of ether oxygens (including phenoxy) is 1. The normalized spacial score (nSPS) is 16.5. The van der Waals surface area contributed by atoms with Crippen molar-refractivity contribution in [3.05, 3.63) is 60.2 Å². The molecule has 0 aromatic heterocycles. The minimum Gasteiger partial charge on any atom is -0.434 e. The number of anilines is 1. The maximum atomic E-state index is 12.5. The van der Waals surface area contributed by atoms with Crippen LogP contribution >= 0.6 is 24.0 Å². The predicted octanol–water partition coefficient (Wildman–Crippen LogP) is 4.10. The van der Waals surface area contributed by atoms with E-state index in [-0.39, 0.29) is 29.7 Å². The molecule has 0 aliphatic carbocycles. The first-order valence-electron chi connectivity index (χ1n) is 9.43. The van der Waals surface area contributed by atoms with Gasteiger partial charge in [0, 0.05) is 44.5 Å². The first-order valence-corrected chi connectivity index (χ1v) is 9.43. The first kappa shape index (κ1) is 23.2. The Morgan fingerprint density at radius 1 is 1.14 bits per heavy atom. The lowest BCUT2D eigenvalue weighted by molar-refractivity contribution is -0.0504. The van der Waals surface area contributed by atoms with Gasteiger partial charge in [0.25, 0.3) is 0 Å². The van der Waals surface area contributed by atoms with Crippen LogP contribution in [-0.2, 0) is 6.54 Å². The van der Waals surface area contributed by atoms with Crippen LogP contribution in [-0.4, -0.2) is 39.3 Å². The van der Waals surface area contributed by atoms with Crippen LogP contribution in [0.3, 0.4) is 0 Å². The standard InChI is InChI=1S/C21H26F2N4O.HI/c1-24-21(26-14-17-7-5-6-10-19(17)28-20(22)23)25-13-16-11-12-27(15-16)18-8-3-2-4-9-18;/h2-10,16,20H,11-15H2,1H3,(H2,24,25,26);1H. The lowest BCUT2D eigenvalue weighted by atomic mass is 10.1. The van der Waals surface area contributed by atoms with Gasteiger partial charge >= 0.3 is 6.61 Å². The number of para-hydroxylation sites is 2. The van der Waals surface area contributed by atoms with E-state index >= 15 is 0 Å². The van der Waals surface area contributed by atoms with Crippen molar-refractivity contribution in [1.82, 2.24) is 10.6 Å². The second kappa shape index (κ2) is 11.8. The van der Waals surface area contributed by atoms with Crippen molar-refractivity contribution in [3.8, 4) is 5.75 Å². The van der Waals surface area contributed by atoms with E-state index in [1.165, 1.54) is 11.8 Å². The molecule has 3 rings (SSSR count). The van der Waals surface area contributed by atoms with E-state index in [0.29, 0.717) is 24.0 Å². The highest BCUT2D eigenvalue weighted by Crippen LogP contribution is 2.23. The van der Waals surface area contributed by atoms with Crippen molar-refractivity contribution >= 4 is 35.6 Å². The Balaban J connectivity index is 0.00000300. The van der Waals surface area contributed by atoms with Crippen molar-refractivity contribution < 1.29 is 13.5 Å². The molecule has 2 N–H and O–H groups in total. The monoisotopic (exact) mass is 516 g/mol. The van der Waals surface area contributed by atoms with Gasteiger partial charge in [-0.2, -0.15) is 8.78 Å². The van der Waals surface area contributed by atoms with Crippen LogP contribution in [0.4, 0.5) is 14.5 Å². The zero-order chi connectivity index (χ0) is 19.8. The van der Waals surface area contributed by atoms with Gasteiger partial charge in [0.1, 0.15) is 5.75 Å². The highest BCUT2D eigenvalue weighted by Gasteiger charge is 2.22. The number of nitrogens with one attached hydrogen (secondary N) is 2. The average Bonchev–Trinajstić information content (AvgIpc) is 3.18. The summed E-state index contributed by atoms with van der Waals surface area (Å²) in [5.41, 5.74) is 1.91. The Kier molecular flexibility index (Phi) is 9.43. The number of aliphatic imine (C=N–C) groups is 1. The molecule has 1 saturated heterocycles. The largest absolute Gasteiger partial charge is 0.434 e. The molecule has 1 heterocycles. The molecule has 1 atom stereocenters. The van der Waals surface area contributed by atoms with Crippen LogP contribution in [0.25, 0.3) is 0 Å². The number of nitrogens with zero attached hydrogens (tertiary/aromatic N) is 2. The minimum absolute atomic E-state index is 0. The fourth-order valence-corrected chi connectivity index (χ4v) is 3.37. The SMILES string of the molecule is CN=C(NCc1ccccc1OC(F)F)NCC1CCN(c2ccccc2)C1.I. The van der Waals surface area contributed by atoms with Crippen LogP contribution < -0.4 is 20.3 Å². The van der Waals surface area contributed by atoms with Gasteiger partial charge in [-0.25, -0.2) is 0 Å². The summed E-state index contributed by atoms with van der Waals surface area (Å²) >= 11 is 0. The summed E-state index contributed by atoms with van der Waals surface area (Å²) in [6, 6.07) is 17.2. The molecule has 2 aromatic carbocycles. The molecule has 1 aliphatic rings. The van der Waals surface area contributed by atoms with Crippen molar-refractivity contribution in [3.63, 3.8) is 0 Å². The number of hydrogen-bond donors (Lipinski definition) is 2. The predicted molar refractivity (Wildman–Crippen MR) is 123 cm³/mol. The van der Waals surface area contributed by atoms with Gasteiger partial charge in [0.15, 0.2) is 5.96 Å². The molecule has 0 saturated carbocycles. The third kappa shape index (κ3) is 7.02. The Labute approximate surface area is 187 Å². The molecule has 0 bridgehead atoms. The van der Waals surface area contributed by atoms with Crippen molar-refractivity contribution in [1.29, 1.82) is 0 Å². The van der Waals surface area contributed by atoms with Crippen molar-refractivity contribution in [2.24, 2.45) is 10.9 Å². The molecular weight excluding hydrogens is 489 g/mol. The van der Waals surface area contributed by atoms with E-state index in [2.05, 4.69) is 49.5 Å². The van der Waals surface area contributed by atoms with E-state index in [9.17, 15) is 8.78 Å². The Bertz CT molecular complexity index is 776. The summed E-state index contributed by atoms with van der Waals surface area (Å²) in [5.74, 6) is 1.34. The van der Waals surface area contributed by atoms with Gasteiger partial charge in [-0.3, -0.25) is 4.99 Å². The number of benzene rings is 2. The molecule has 0 radical (unpaired) electrons. The summed E-state index contributed by atoms with van der Waals surface area (Å²) in [6.07, 6.45) is 1.12. The highest BCUT2D eigenvalue weighted by molar-refractivity contribution is 14.0. The number of hydrogen-bond acceptors (Lipinski definition) is 3. The van der Waals surface area contributed by atoms with Crippen LogP contribution in [0.1, 0.15) is 12.0 Å². The topological polar surface area (TPSA) is 48.9 Å². The Morgan fingerprint density at radius 2 is 1.86 bits per heavy atom. The first-order chi connectivity index (χ1) is 13.7. The maximum Gasteiger partial charge on any atom is 0.387 e. The third-order valence-electron chi connectivity index (χ3n) is 4.82. The van der Waals surface area contributed by atoms with Gasteiger partial charge in [-0.15, -0.1) is 24.0 Å². The maximum absolute atomic E-state index is 12.5. The molecule has 0 spiro atoms.